The normalized spacial score (nSPS) is 14.9. The molecule has 1 amide bonds. The van der Waals surface area contributed by atoms with E-state index in [2.05, 4.69) is 23.4 Å². The van der Waals surface area contributed by atoms with Gasteiger partial charge in [-0.15, -0.1) is 0 Å². The molecule has 0 unspecified atom stereocenters. The highest BCUT2D eigenvalue weighted by Crippen LogP contribution is 2.30. The van der Waals surface area contributed by atoms with Gasteiger partial charge in [-0.2, -0.15) is 0 Å². The quantitative estimate of drug-likeness (QED) is 0.820. The number of ether oxygens (including phenoxy) is 2. The van der Waals surface area contributed by atoms with E-state index in [4.69, 9.17) is 9.47 Å². The van der Waals surface area contributed by atoms with Crippen LogP contribution in [0.25, 0.3) is 10.9 Å². The highest BCUT2D eigenvalue weighted by atomic mass is 16.5. The lowest BCUT2D eigenvalue weighted by Gasteiger charge is -2.16. The highest BCUT2D eigenvalue weighted by molar-refractivity contribution is 5.88. The van der Waals surface area contributed by atoms with Crippen LogP contribution in [0.2, 0.25) is 0 Å². The fourth-order valence-corrected chi connectivity index (χ4v) is 3.15. The van der Waals surface area contributed by atoms with Gasteiger partial charge in [0.2, 0.25) is 11.8 Å². The third-order valence-corrected chi connectivity index (χ3v) is 4.54. The Morgan fingerprint density at radius 1 is 1.35 bits per heavy atom. The van der Waals surface area contributed by atoms with Crippen molar-refractivity contribution in [2.24, 2.45) is 0 Å². The molecule has 3 heterocycles. The maximum absolute atomic E-state index is 11.7. The zero-order chi connectivity index (χ0) is 16.4. The van der Waals surface area contributed by atoms with Crippen LogP contribution in [0.1, 0.15) is 24.1 Å². The average molecular weight is 317 g/mol. The number of carbonyl (C=O) groups is 1. The molecule has 0 aromatic carbocycles. The Bertz CT molecular complexity index is 723. The Kier molecular flexibility index (Phi) is 4.52. The van der Waals surface area contributed by atoms with Crippen LogP contribution in [-0.2, 0) is 16.3 Å². The number of hydrogen-bond donors (Lipinski definition) is 0. The lowest BCUT2D eigenvalue weighted by Crippen LogP contribution is -2.29. The fraction of sp³-hybridized carbons (Fsp3) is 0.529. The molecule has 1 aliphatic rings. The molecule has 0 bridgehead atoms. The molecule has 0 spiro atoms. The van der Waals surface area contributed by atoms with E-state index in [1.807, 2.05) is 11.0 Å². The molecule has 6 nitrogen and oxygen atoms in total. The second-order valence-electron chi connectivity index (χ2n) is 5.90. The van der Waals surface area contributed by atoms with Crippen molar-refractivity contribution >= 4 is 16.8 Å². The van der Waals surface area contributed by atoms with Crippen LogP contribution in [0.15, 0.2) is 12.3 Å². The maximum Gasteiger partial charge on any atom is 0.238 e. The molecule has 124 valence electrons. The molecule has 6 heteroatoms. The monoisotopic (exact) mass is 317 g/mol. The molecule has 0 aliphatic carbocycles. The number of carbonyl (C=O) groups excluding carboxylic acids is 1. The second kappa shape index (κ2) is 6.58. The zero-order valence-electron chi connectivity index (χ0n) is 14.0. The van der Waals surface area contributed by atoms with E-state index >= 15 is 0 Å². The maximum atomic E-state index is 11.7. The van der Waals surface area contributed by atoms with Crippen molar-refractivity contribution in [3.8, 4) is 5.88 Å². The molecule has 2 aromatic rings. The standard InChI is InChI=1S/C17H23N3O3/c1-12-13(2)20(11-22-3)16-14(12)6-7-18-17(16)23-10-9-19-8-4-5-15(19)21/h6-7H,4-5,8-11H2,1-3H3. The summed E-state index contributed by atoms with van der Waals surface area (Å²) in [4.78, 5) is 17.9. The lowest BCUT2D eigenvalue weighted by molar-refractivity contribution is -0.128. The first-order valence-corrected chi connectivity index (χ1v) is 7.97. The summed E-state index contributed by atoms with van der Waals surface area (Å²) in [5, 5.41) is 1.13. The summed E-state index contributed by atoms with van der Waals surface area (Å²) in [6, 6.07) is 2.00. The van der Waals surface area contributed by atoms with Crippen molar-refractivity contribution in [2.45, 2.75) is 33.4 Å². The number of likely N-dealkylation sites (tertiary alicyclic amines) is 1. The number of pyridine rings is 1. The van der Waals surface area contributed by atoms with Gasteiger partial charge in [0.05, 0.1) is 6.54 Å². The molecule has 0 atom stereocenters. The van der Waals surface area contributed by atoms with Crippen molar-refractivity contribution < 1.29 is 14.3 Å². The number of methoxy groups -OCH3 is 1. The first-order valence-electron chi connectivity index (χ1n) is 7.97. The van der Waals surface area contributed by atoms with Crippen LogP contribution in [-0.4, -0.2) is 47.2 Å². The number of nitrogens with zero attached hydrogens (tertiary/aromatic N) is 3. The molecule has 0 saturated carbocycles. The van der Waals surface area contributed by atoms with Crippen LogP contribution in [0, 0.1) is 13.8 Å². The first kappa shape index (κ1) is 15.8. The van der Waals surface area contributed by atoms with Crippen LogP contribution in [0.4, 0.5) is 0 Å². The summed E-state index contributed by atoms with van der Waals surface area (Å²) in [5.74, 6) is 0.816. The third kappa shape index (κ3) is 2.91. The van der Waals surface area contributed by atoms with E-state index in [-0.39, 0.29) is 5.91 Å². The largest absolute Gasteiger partial charge is 0.474 e. The number of aryl methyl sites for hydroxylation is 1. The Morgan fingerprint density at radius 3 is 2.87 bits per heavy atom. The molecule has 1 aliphatic heterocycles. The van der Waals surface area contributed by atoms with Crippen LogP contribution in [0.3, 0.4) is 0 Å². The smallest absolute Gasteiger partial charge is 0.238 e. The fourth-order valence-electron chi connectivity index (χ4n) is 3.15. The van der Waals surface area contributed by atoms with Gasteiger partial charge >= 0.3 is 0 Å². The van der Waals surface area contributed by atoms with Crippen molar-refractivity contribution in [3.05, 3.63) is 23.5 Å². The number of aromatic nitrogens is 2. The molecular weight excluding hydrogens is 294 g/mol. The van der Waals surface area contributed by atoms with E-state index in [9.17, 15) is 4.79 Å². The van der Waals surface area contributed by atoms with Crippen LogP contribution in [0.5, 0.6) is 5.88 Å². The van der Waals surface area contributed by atoms with Crippen LogP contribution >= 0.6 is 0 Å². The Balaban J connectivity index is 1.82. The summed E-state index contributed by atoms with van der Waals surface area (Å²) in [6.45, 7) is 6.52. The van der Waals surface area contributed by atoms with E-state index in [1.165, 1.54) is 5.56 Å². The van der Waals surface area contributed by atoms with Crippen molar-refractivity contribution in [1.29, 1.82) is 0 Å². The van der Waals surface area contributed by atoms with Gasteiger partial charge in [-0.05, 0) is 31.9 Å². The van der Waals surface area contributed by atoms with Gasteiger partial charge in [0, 0.05) is 37.4 Å². The van der Waals surface area contributed by atoms with Gasteiger partial charge in [0.25, 0.3) is 0 Å². The Hall–Kier alpha value is -2.08. The van der Waals surface area contributed by atoms with Gasteiger partial charge < -0.3 is 18.9 Å². The van der Waals surface area contributed by atoms with E-state index in [0.717, 1.165) is 29.6 Å². The van der Waals surface area contributed by atoms with E-state index in [0.29, 0.717) is 32.2 Å². The van der Waals surface area contributed by atoms with Crippen LogP contribution < -0.4 is 4.74 Å². The van der Waals surface area contributed by atoms with Crippen molar-refractivity contribution in [1.82, 2.24) is 14.5 Å². The third-order valence-electron chi connectivity index (χ3n) is 4.54. The summed E-state index contributed by atoms with van der Waals surface area (Å²) in [5.41, 5.74) is 3.31. The number of rotatable bonds is 6. The summed E-state index contributed by atoms with van der Waals surface area (Å²) in [7, 11) is 1.68. The van der Waals surface area contributed by atoms with Gasteiger partial charge in [-0.3, -0.25) is 4.79 Å². The predicted molar refractivity (Wildman–Crippen MR) is 87.5 cm³/mol. The Labute approximate surface area is 136 Å². The zero-order valence-corrected chi connectivity index (χ0v) is 14.0. The summed E-state index contributed by atoms with van der Waals surface area (Å²) < 4.78 is 13.3. The lowest BCUT2D eigenvalue weighted by atomic mass is 10.2. The topological polar surface area (TPSA) is 56.6 Å². The molecule has 1 saturated heterocycles. The van der Waals surface area contributed by atoms with Gasteiger partial charge in [-0.25, -0.2) is 4.98 Å². The molecule has 0 N–H and O–H groups in total. The van der Waals surface area contributed by atoms with E-state index in [1.54, 1.807) is 13.3 Å². The molecule has 1 fully saturated rings. The van der Waals surface area contributed by atoms with Crippen molar-refractivity contribution in [2.75, 3.05) is 26.8 Å². The molecule has 2 aromatic heterocycles. The van der Waals surface area contributed by atoms with Gasteiger partial charge in [0.1, 0.15) is 18.9 Å². The number of fused-ring (bicyclic) bond motifs is 1. The Morgan fingerprint density at radius 2 is 2.17 bits per heavy atom. The summed E-state index contributed by atoms with van der Waals surface area (Å²) in [6.07, 6.45) is 3.37. The summed E-state index contributed by atoms with van der Waals surface area (Å²) >= 11 is 0. The first-order chi connectivity index (χ1) is 11.1. The van der Waals surface area contributed by atoms with E-state index < -0.39 is 0 Å². The van der Waals surface area contributed by atoms with Crippen molar-refractivity contribution in [3.63, 3.8) is 0 Å². The minimum Gasteiger partial charge on any atom is -0.474 e. The minimum absolute atomic E-state index is 0.217. The molecule has 23 heavy (non-hydrogen) atoms. The predicted octanol–water partition coefficient (Wildman–Crippen LogP) is 2.26. The van der Waals surface area contributed by atoms with Gasteiger partial charge in [0.15, 0.2) is 0 Å². The second-order valence-corrected chi connectivity index (χ2v) is 5.90. The molecular formula is C17H23N3O3. The molecule has 0 radical (unpaired) electrons. The minimum atomic E-state index is 0.217. The van der Waals surface area contributed by atoms with Gasteiger partial charge in [-0.1, -0.05) is 0 Å². The number of amides is 1. The average Bonchev–Trinajstić information content (AvgIpc) is 3.06. The molecule has 3 rings (SSSR count). The number of hydrogen-bond acceptors (Lipinski definition) is 4. The highest BCUT2D eigenvalue weighted by Gasteiger charge is 2.20. The SMILES string of the molecule is COCn1c(C)c(C)c2ccnc(OCCN3CCCC3=O)c21.